The predicted octanol–water partition coefficient (Wildman–Crippen LogP) is 1.57. The molecule has 0 aromatic carbocycles. The topological polar surface area (TPSA) is 35.5 Å². The second kappa shape index (κ2) is 8.04. The van der Waals surface area contributed by atoms with Gasteiger partial charge in [-0.15, -0.1) is 0 Å². The van der Waals surface area contributed by atoms with Gasteiger partial charge in [0.05, 0.1) is 6.61 Å². The van der Waals surface area contributed by atoms with Gasteiger partial charge in [-0.3, -0.25) is 0 Å². The van der Waals surface area contributed by atoms with Gasteiger partial charge in [0.1, 0.15) is 0 Å². The Bertz CT molecular complexity index is 173. The van der Waals surface area contributed by atoms with Crippen molar-refractivity contribution in [3.8, 4) is 0 Å². The largest absolute Gasteiger partial charge is 0.395 e. The number of nitrogens with one attached hydrogen (secondary N) is 1. The summed E-state index contributed by atoms with van der Waals surface area (Å²) in [5, 5.41) is 12.4. The molecule has 0 aromatic rings. The third-order valence-electron chi connectivity index (χ3n) is 3.09. The maximum atomic E-state index is 8.90. The van der Waals surface area contributed by atoms with Crippen molar-refractivity contribution in [2.24, 2.45) is 11.3 Å². The normalized spacial score (nSPS) is 15.8. The summed E-state index contributed by atoms with van der Waals surface area (Å²) in [6, 6.07) is 0. The third kappa shape index (κ3) is 7.20. The maximum absolute atomic E-state index is 8.90. The Kier molecular flexibility index (Phi) is 7.98. The number of nitrogens with zero attached hydrogens (tertiary/aromatic N) is 1. The molecule has 1 unspecified atom stereocenters. The van der Waals surface area contributed by atoms with Gasteiger partial charge in [0.2, 0.25) is 0 Å². The summed E-state index contributed by atoms with van der Waals surface area (Å²) in [4.78, 5) is 2.21. The molecule has 1 atom stereocenters. The second-order valence-corrected chi connectivity index (χ2v) is 5.65. The van der Waals surface area contributed by atoms with E-state index in [1.165, 1.54) is 0 Å². The van der Waals surface area contributed by atoms with Crippen LogP contribution in [0.15, 0.2) is 0 Å². The molecule has 0 aliphatic carbocycles. The van der Waals surface area contributed by atoms with E-state index in [4.69, 9.17) is 5.11 Å². The highest BCUT2D eigenvalue weighted by atomic mass is 16.3. The molecule has 0 aliphatic rings. The molecule has 3 heteroatoms. The van der Waals surface area contributed by atoms with E-state index in [2.05, 4.69) is 45.0 Å². The fourth-order valence-electron chi connectivity index (χ4n) is 1.86. The molecular formula is C13H30N2O. The molecule has 0 saturated heterocycles. The van der Waals surface area contributed by atoms with Crippen LogP contribution < -0.4 is 5.32 Å². The summed E-state index contributed by atoms with van der Waals surface area (Å²) in [5.74, 6) is 0.705. The van der Waals surface area contributed by atoms with Gasteiger partial charge in [0.25, 0.3) is 0 Å². The van der Waals surface area contributed by atoms with Crippen molar-refractivity contribution in [2.45, 2.75) is 34.1 Å². The minimum Gasteiger partial charge on any atom is -0.395 e. The summed E-state index contributed by atoms with van der Waals surface area (Å²) in [7, 11) is 2.08. The summed E-state index contributed by atoms with van der Waals surface area (Å²) in [5.41, 5.74) is 0.304. The standard InChI is InChI=1S/C13H30N2O/c1-6-13(4,10-14-9-12(2)3)11-15(5)7-8-16/h12,14,16H,6-11H2,1-5H3. The third-order valence-corrected chi connectivity index (χ3v) is 3.09. The Labute approximate surface area is 101 Å². The highest BCUT2D eigenvalue weighted by Crippen LogP contribution is 2.21. The van der Waals surface area contributed by atoms with Gasteiger partial charge in [-0.1, -0.05) is 27.7 Å². The van der Waals surface area contributed by atoms with Gasteiger partial charge in [0.15, 0.2) is 0 Å². The number of rotatable bonds is 9. The monoisotopic (exact) mass is 230 g/mol. The van der Waals surface area contributed by atoms with Crippen molar-refractivity contribution in [3.63, 3.8) is 0 Å². The van der Waals surface area contributed by atoms with Gasteiger partial charge >= 0.3 is 0 Å². The van der Waals surface area contributed by atoms with Crippen LogP contribution in [0.2, 0.25) is 0 Å². The summed E-state index contributed by atoms with van der Waals surface area (Å²) < 4.78 is 0. The minimum absolute atomic E-state index is 0.246. The molecule has 0 fully saturated rings. The fourth-order valence-corrected chi connectivity index (χ4v) is 1.86. The first-order chi connectivity index (χ1) is 7.43. The van der Waals surface area contributed by atoms with Crippen LogP contribution in [0.3, 0.4) is 0 Å². The van der Waals surface area contributed by atoms with E-state index in [9.17, 15) is 0 Å². The van der Waals surface area contributed by atoms with E-state index in [1.54, 1.807) is 0 Å². The number of aliphatic hydroxyl groups is 1. The van der Waals surface area contributed by atoms with E-state index < -0.39 is 0 Å². The minimum atomic E-state index is 0.246. The first kappa shape index (κ1) is 15.9. The van der Waals surface area contributed by atoms with Crippen LogP contribution in [0.25, 0.3) is 0 Å². The van der Waals surface area contributed by atoms with Crippen molar-refractivity contribution < 1.29 is 5.11 Å². The van der Waals surface area contributed by atoms with E-state index in [1.807, 2.05) is 0 Å². The van der Waals surface area contributed by atoms with Gasteiger partial charge in [-0.05, 0) is 31.3 Å². The number of aliphatic hydroxyl groups excluding tert-OH is 1. The average Bonchev–Trinajstić information content (AvgIpc) is 2.17. The van der Waals surface area contributed by atoms with Gasteiger partial charge in [-0.25, -0.2) is 0 Å². The first-order valence-corrected chi connectivity index (χ1v) is 6.43. The molecule has 0 aromatic heterocycles. The number of hydrogen-bond donors (Lipinski definition) is 2. The van der Waals surface area contributed by atoms with Crippen molar-refractivity contribution in [3.05, 3.63) is 0 Å². The van der Waals surface area contributed by atoms with E-state index in [0.717, 1.165) is 32.6 Å². The Hall–Kier alpha value is -0.120. The Morgan fingerprint density at radius 2 is 2.00 bits per heavy atom. The van der Waals surface area contributed by atoms with Crippen LogP contribution in [0.5, 0.6) is 0 Å². The fraction of sp³-hybridized carbons (Fsp3) is 1.00. The predicted molar refractivity (Wildman–Crippen MR) is 70.7 cm³/mol. The van der Waals surface area contributed by atoms with Crippen LogP contribution in [-0.4, -0.2) is 49.8 Å². The van der Waals surface area contributed by atoms with Crippen molar-refractivity contribution in [2.75, 3.05) is 39.8 Å². The smallest absolute Gasteiger partial charge is 0.0558 e. The molecule has 0 radical (unpaired) electrons. The highest BCUT2D eigenvalue weighted by Gasteiger charge is 2.23. The summed E-state index contributed by atoms with van der Waals surface area (Å²) in [6.45, 7) is 13.2. The average molecular weight is 230 g/mol. The quantitative estimate of drug-likeness (QED) is 0.631. The molecule has 0 heterocycles. The molecule has 0 saturated carbocycles. The summed E-state index contributed by atoms with van der Waals surface area (Å²) >= 11 is 0. The maximum Gasteiger partial charge on any atom is 0.0558 e. The molecule has 2 N–H and O–H groups in total. The molecule has 16 heavy (non-hydrogen) atoms. The lowest BCUT2D eigenvalue weighted by atomic mass is 9.86. The Morgan fingerprint density at radius 1 is 1.38 bits per heavy atom. The van der Waals surface area contributed by atoms with Crippen LogP contribution in [0, 0.1) is 11.3 Å². The molecule has 0 aliphatic heterocycles. The van der Waals surface area contributed by atoms with Crippen LogP contribution >= 0.6 is 0 Å². The number of hydrogen-bond acceptors (Lipinski definition) is 3. The van der Waals surface area contributed by atoms with Crippen molar-refractivity contribution in [1.29, 1.82) is 0 Å². The van der Waals surface area contributed by atoms with E-state index in [0.29, 0.717) is 11.3 Å². The highest BCUT2D eigenvalue weighted by molar-refractivity contribution is 4.78. The molecule has 0 rings (SSSR count). The zero-order chi connectivity index (χ0) is 12.6. The van der Waals surface area contributed by atoms with Crippen LogP contribution in [0.1, 0.15) is 34.1 Å². The summed E-state index contributed by atoms with van der Waals surface area (Å²) in [6.07, 6.45) is 1.16. The molecule has 98 valence electrons. The zero-order valence-electron chi connectivity index (χ0n) is 11.7. The SMILES string of the molecule is CCC(C)(CNCC(C)C)CN(C)CCO. The Balaban J connectivity index is 3.99. The van der Waals surface area contributed by atoms with E-state index in [-0.39, 0.29) is 6.61 Å². The zero-order valence-corrected chi connectivity index (χ0v) is 11.7. The van der Waals surface area contributed by atoms with Gasteiger partial charge in [-0.2, -0.15) is 0 Å². The molecule has 0 amide bonds. The molecule has 0 bridgehead atoms. The molecular weight excluding hydrogens is 200 g/mol. The van der Waals surface area contributed by atoms with Crippen LogP contribution in [0.4, 0.5) is 0 Å². The van der Waals surface area contributed by atoms with Gasteiger partial charge < -0.3 is 15.3 Å². The second-order valence-electron chi connectivity index (χ2n) is 5.65. The van der Waals surface area contributed by atoms with Crippen LogP contribution in [-0.2, 0) is 0 Å². The lowest BCUT2D eigenvalue weighted by Crippen LogP contribution is -2.42. The lowest BCUT2D eigenvalue weighted by molar-refractivity contribution is 0.151. The van der Waals surface area contributed by atoms with Crippen molar-refractivity contribution >= 4 is 0 Å². The number of likely N-dealkylation sites (N-methyl/N-ethyl adjacent to an activating group) is 1. The van der Waals surface area contributed by atoms with Crippen molar-refractivity contribution in [1.82, 2.24) is 10.2 Å². The van der Waals surface area contributed by atoms with Gasteiger partial charge in [0, 0.05) is 19.6 Å². The lowest BCUT2D eigenvalue weighted by Gasteiger charge is -2.33. The van der Waals surface area contributed by atoms with E-state index >= 15 is 0 Å². The first-order valence-electron chi connectivity index (χ1n) is 6.43. The molecule has 0 spiro atoms. The molecule has 3 nitrogen and oxygen atoms in total. The Morgan fingerprint density at radius 3 is 2.44 bits per heavy atom.